The fourth-order valence-corrected chi connectivity index (χ4v) is 6.54. The predicted octanol–water partition coefficient (Wildman–Crippen LogP) is -0.916. The highest BCUT2D eigenvalue weighted by atomic mass is 31.3. The maximum atomic E-state index is 12.1. The minimum Gasteiger partial charge on any atom is -0.389 e. The molecule has 0 radical (unpaired) electrons. The molecule has 0 amide bonds. The number of aliphatic hydroxyl groups is 1. The molecule has 1 aromatic rings. The van der Waals surface area contributed by atoms with E-state index in [0.717, 1.165) is 16.8 Å². The van der Waals surface area contributed by atoms with Crippen molar-refractivity contribution in [2.75, 3.05) is 6.61 Å². The van der Waals surface area contributed by atoms with Gasteiger partial charge in [0.05, 0.1) is 18.6 Å². The van der Waals surface area contributed by atoms with Gasteiger partial charge in [-0.25, -0.2) is 18.5 Å². The van der Waals surface area contributed by atoms with Crippen LogP contribution in [0.3, 0.4) is 0 Å². The molecule has 1 aliphatic carbocycles. The molecule has 16 nitrogen and oxygen atoms in total. The van der Waals surface area contributed by atoms with Gasteiger partial charge in [0.25, 0.3) is 5.56 Å². The molecule has 0 spiro atoms. The Labute approximate surface area is 172 Å². The number of aliphatic hydroxyl groups excluding tert-OH is 1. The molecule has 2 aliphatic rings. The van der Waals surface area contributed by atoms with E-state index in [1.165, 1.54) is 0 Å². The van der Waals surface area contributed by atoms with E-state index in [2.05, 4.69) is 19.7 Å². The number of ether oxygens (including phenoxy) is 1. The van der Waals surface area contributed by atoms with Crippen molar-refractivity contribution in [1.82, 2.24) is 9.55 Å². The molecule has 174 valence electrons. The molecule has 1 aromatic heterocycles. The van der Waals surface area contributed by atoms with Crippen molar-refractivity contribution in [2.24, 2.45) is 5.92 Å². The van der Waals surface area contributed by atoms with Crippen LogP contribution >= 0.6 is 23.5 Å². The molecule has 6 N–H and O–H groups in total. The van der Waals surface area contributed by atoms with Gasteiger partial charge in [0, 0.05) is 18.7 Å². The van der Waals surface area contributed by atoms with Crippen molar-refractivity contribution in [2.45, 2.75) is 24.4 Å². The van der Waals surface area contributed by atoms with E-state index >= 15 is 0 Å². The molecule has 1 saturated carbocycles. The second-order valence-corrected chi connectivity index (χ2v) is 11.2. The van der Waals surface area contributed by atoms with Crippen molar-refractivity contribution in [1.29, 1.82) is 0 Å². The Hall–Kier alpha value is -1.25. The number of hydrogen-bond donors (Lipinski definition) is 6. The molecule has 19 heteroatoms. The average Bonchev–Trinajstić information content (AvgIpc) is 2.96. The highest BCUT2D eigenvalue weighted by Gasteiger charge is 2.63. The first-order valence-corrected chi connectivity index (χ1v) is 12.7. The van der Waals surface area contributed by atoms with Crippen molar-refractivity contribution in [3.63, 3.8) is 0 Å². The van der Waals surface area contributed by atoms with Crippen molar-refractivity contribution in [3.05, 3.63) is 45.3 Å². The summed E-state index contributed by atoms with van der Waals surface area (Å²) in [5.41, 5.74) is -2.87. The van der Waals surface area contributed by atoms with E-state index < -0.39 is 65.2 Å². The van der Waals surface area contributed by atoms with Crippen LogP contribution in [0.1, 0.15) is 12.6 Å². The van der Waals surface area contributed by atoms with Gasteiger partial charge in [-0.05, 0) is 0 Å². The topological polar surface area (TPSA) is 244 Å². The summed E-state index contributed by atoms with van der Waals surface area (Å²) in [5, 5.41) is 10.6. The maximum Gasteiger partial charge on any atom is 0.490 e. The van der Waals surface area contributed by atoms with E-state index in [9.17, 15) is 38.2 Å². The van der Waals surface area contributed by atoms with Crippen LogP contribution in [0.5, 0.6) is 0 Å². The summed E-state index contributed by atoms with van der Waals surface area (Å²) >= 11 is 0. The van der Waals surface area contributed by atoms with Gasteiger partial charge in [0.15, 0.2) is 0 Å². The summed E-state index contributed by atoms with van der Waals surface area (Å²) in [4.78, 5) is 61.2. The number of nitrogens with zero attached hydrogens (tertiary/aromatic N) is 1. The lowest BCUT2D eigenvalue weighted by Crippen LogP contribution is -2.42. The van der Waals surface area contributed by atoms with E-state index in [4.69, 9.17) is 14.5 Å². The third kappa shape index (κ3) is 5.22. The van der Waals surface area contributed by atoms with Crippen LogP contribution in [-0.2, 0) is 31.6 Å². The van der Waals surface area contributed by atoms with Gasteiger partial charge in [0.2, 0.25) is 0 Å². The lowest BCUT2D eigenvalue weighted by Gasteiger charge is -2.32. The summed E-state index contributed by atoms with van der Waals surface area (Å²) in [6, 6.07) is 1.03. The zero-order valence-electron chi connectivity index (χ0n) is 15.2. The van der Waals surface area contributed by atoms with E-state index in [0.29, 0.717) is 5.57 Å². The number of fused-ring (bicyclic) bond motifs is 2. The highest BCUT2D eigenvalue weighted by Crippen LogP contribution is 2.67. The lowest BCUT2D eigenvalue weighted by atomic mass is 10.00. The Morgan fingerprint density at radius 2 is 1.84 bits per heavy atom. The Morgan fingerprint density at radius 3 is 2.42 bits per heavy atom. The van der Waals surface area contributed by atoms with Gasteiger partial charge >= 0.3 is 29.2 Å². The number of aromatic nitrogens is 2. The van der Waals surface area contributed by atoms with Gasteiger partial charge < -0.3 is 29.4 Å². The second-order valence-electron chi connectivity index (χ2n) is 6.76. The molecule has 1 saturated heterocycles. The number of hydrogen-bond acceptors (Lipinski definition) is 10. The molecular formula is C12H17N2O14P3. The molecule has 1 aliphatic heterocycles. The Balaban J connectivity index is 1.78. The van der Waals surface area contributed by atoms with Crippen LogP contribution in [0.25, 0.3) is 0 Å². The van der Waals surface area contributed by atoms with Crippen molar-refractivity contribution >= 4 is 23.5 Å². The number of H-pyrrole nitrogens is 1. The first-order chi connectivity index (χ1) is 14.0. The number of aromatic amines is 1. The second kappa shape index (κ2) is 7.96. The zero-order valence-corrected chi connectivity index (χ0v) is 17.9. The van der Waals surface area contributed by atoms with Crippen LogP contribution < -0.4 is 11.2 Å². The third-order valence-electron chi connectivity index (χ3n) is 4.55. The van der Waals surface area contributed by atoms with Gasteiger partial charge in [-0.3, -0.25) is 18.9 Å². The fraction of sp³-hybridized carbons (Fsp3) is 0.500. The molecule has 2 fully saturated rings. The minimum atomic E-state index is -5.72. The smallest absolute Gasteiger partial charge is 0.389 e. The molecule has 2 bridgehead atoms. The summed E-state index contributed by atoms with van der Waals surface area (Å²) in [6.45, 7) is 2.85. The number of rotatable bonds is 8. The molecule has 2 unspecified atom stereocenters. The van der Waals surface area contributed by atoms with E-state index in [-0.39, 0.29) is 6.42 Å². The molecule has 3 rings (SSSR count). The average molecular weight is 506 g/mol. The predicted molar refractivity (Wildman–Crippen MR) is 97.2 cm³/mol. The molecule has 6 atom stereocenters. The monoisotopic (exact) mass is 506 g/mol. The van der Waals surface area contributed by atoms with Crippen LogP contribution in [0.15, 0.2) is 34.0 Å². The van der Waals surface area contributed by atoms with Gasteiger partial charge in [-0.15, -0.1) is 0 Å². The minimum absolute atomic E-state index is 0.0940. The Bertz CT molecular complexity index is 1150. The van der Waals surface area contributed by atoms with Crippen LogP contribution in [0.4, 0.5) is 0 Å². The zero-order chi connectivity index (χ0) is 23.4. The molecule has 31 heavy (non-hydrogen) atoms. The summed E-state index contributed by atoms with van der Waals surface area (Å²) in [7, 11) is -16.7. The van der Waals surface area contributed by atoms with E-state index in [1.807, 2.05) is 4.98 Å². The maximum absolute atomic E-state index is 12.1. The van der Waals surface area contributed by atoms with Crippen LogP contribution in [0, 0.1) is 5.92 Å². The SMILES string of the molecule is C=C1C[C@]2(COP(=O)(O)OP(=O)(O)OP(=O)(O)O)O[C@@H](n3ccc(=O)[nH]c3=O)[C@H]1[C@@H]2O. The first-order valence-electron chi connectivity index (χ1n) is 8.18. The fourth-order valence-electron chi connectivity index (χ4n) is 3.46. The van der Waals surface area contributed by atoms with Gasteiger partial charge in [0.1, 0.15) is 11.8 Å². The van der Waals surface area contributed by atoms with Crippen LogP contribution in [-0.4, -0.2) is 52.5 Å². The molecule has 2 heterocycles. The Kier molecular flexibility index (Phi) is 6.26. The molecular weight excluding hydrogens is 489 g/mol. The summed E-state index contributed by atoms with van der Waals surface area (Å²) < 4.78 is 52.5. The number of phosphoric acid groups is 3. The van der Waals surface area contributed by atoms with E-state index in [1.54, 1.807) is 0 Å². The lowest BCUT2D eigenvalue weighted by molar-refractivity contribution is -0.130. The number of phosphoric ester groups is 1. The standard InChI is InChI=1S/C12H17N2O14P3/c1-6-4-12(5-25-30(21,22)28-31(23,24)27-29(18,19)20)9(16)8(6)10(26-12)14-3-2-7(15)13-11(14)17/h2-3,8-10,16H,1,4-5H2,(H,21,22)(H,23,24)(H,13,15,17)(H2,18,19,20)/t8-,9+,10-,12-/m1/s1. The highest BCUT2D eigenvalue weighted by molar-refractivity contribution is 7.66. The molecule has 0 aromatic carbocycles. The Morgan fingerprint density at radius 1 is 1.19 bits per heavy atom. The van der Waals surface area contributed by atoms with Gasteiger partial charge in [-0.1, -0.05) is 12.2 Å². The van der Waals surface area contributed by atoms with Crippen molar-refractivity contribution < 1.29 is 56.3 Å². The normalized spacial score (nSPS) is 32.0. The first kappa shape index (κ1) is 24.4. The third-order valence-corrected chi connectivity index (χ3v) is 8.34. The quantitative estimate of drug-likeness (QED) is 0.185. The van der Waals surface area contributed by atoms with Gasteiger partial charge in [-0.2, -0.15) is 8.62 Å². The summed E-state index contributed by atoms with van der Waals surface area (Å²) in [5.74, 6) is -0.867. The van der Waals surface area contributed by atoms with Crippen LogP contribution in [0.2, 0.25) is 0 Å². The summed E-state index contributed by atoms with van der Waals surface area (Å²) in [6.07, 6.45) is -1.55. The van der Waals surface area contributed by atoms with Crippen molar-refractivity contribution in [3.8, 4) is 0 Å². The number of nitrogens with one attached hydrogen (secondary N) is 1. The largest absolute Gasteiger partial charge is 0.490 e.